The minimum absolute atomic E-state index is 0.0233. The number of hydrogen-bond acceptors (Lipinski definition) is 2. The van der Waals surface area contributed by atoms with Crippen molar-refractivity contribution < 1.29 is 18.3 Å². The van der Waals surface area contributed by atoms with Crippen molar-refractivity contribution in [1.82, 2.24) is 0 Å². The van der Waals surface area contributed by atoms with Crippen LogP contribution < -0.4 is 4.74 Å². The zero-order valence-corrected chi connectivity index (χ0v) is 11.8. The summed E-state index contributed by atoms with van der Waals surface area (Å²) in [5.74, 6) is 0.0414. The zero-order chi connectivity index (χ0) is 12.1. The number of halogens is 4. The van der Waals surface area contributed by atoms with Gasteiger partial charge in [0.2, 0.25) is 0 Å². The number of carbonyl (C=O) groups excluding carboxylic acids is 1. The predicted octanol–water partition coefficient (Wildman–Crippen LogP) is 3.86. The van der Waals surface area contributed by atoms with Gasteiger partial charge in [0.05, 0.1) is 0 Å². The first kappa shape index (κ1) is 13.8. The molecule has 2 nitrogen and oxygen atoms in total. The van der Waals surface area contributed by atoms with Gasteiger partial charge in [-0.1, -0.05) is 15.9 Å². The molecule has 0 aliphatic heterocycles. The molecule has 1 aromatic rings. The van der Waals surface area contributed by atoms with Crippen molar-refractivity contribution in [2.45, 2.75) is 13.0 Å². The van der Waals surface area contributed by atoms with E-state index in [9.17, 15) is 13.6 Å². The summed E-state index contributed by atoms with van der Waals surface area (Å²) in [7, 11) is 0. The van der Waals surface area contributed by atoms with Crippen LogP contribution in [0.15, 0.2) is 18.2 Å². The number of hydrogen-bond donors (Lipinski definition) is 0. The van der Waals surface area contributed by atoms with E-state index in [4.69, 9.17) is 0 Å². The molecule has 0 unspecified atom stereocenters. The highest BCUT2D eigenvalue weighted by molar-refractivity contribution is 14.1. The average molecular weight is 405 g/mol. The van der Waals surface area contributed by atoms with Crippen LogP contribution >= 0.6 is 38.5 Å². The molecule has 16 heavy (non-hydrogen) atoms. The highest BCUT2D eigenvalue weighted by atomic mass is 127. The van der Waals surface area contributed by atoms with Crippen LogP contribution in [-0.4, -0.2) is 17.7 Å². The first-order valence-corrected chi connectivity index (χ1v) is 6.58. The molecule has 1 aromatic carbocycles. The summed E-state index contributed by atoms with van der Waals surface area (Å²) in [5, 5.41) is 0.581. The summed E-state index contributed by atoms with van der Waals surface area (Å²) in [6.07, 6.45) is 0.380. The van der Waals surface area contributed by atoms with E-state index in [0.717, 1.165) is 0 Å². The number of rotatable bonds is 5. The van der Waals surface area contributed by atoms with Crippen molar-refractivity contribution in [1.29, 1.82) is 0 Å². The fourth-order valence-electron chi connectivity index (χ4n) is 1.12. The van der Waals surface area contributed by atoms with Gasteiger partial charge in [-0.05, 0) is 40.8 Å². The summed E-state index contributed by atoms with van der Waals surface area (Å²) in [5.41, 5.74) is 0.529. The van der Waals surface area contributed by atoms with Crippen LogP contribution in [0.25, 0.3) is 0 Å². The quantitative estimate of drug-likeness (QED) is 0.423. The van der Waals surface area contributed by atoms with Crippen LogP contribution in [0.5, 0.6) is 5.75 Å². The monoisotopic (exact) mass is 404 g/mol. The van der Waals surface area contributed by atoms with E-state index in [0.29, 0.717) is 20.9 Å². The smallest absolute Gasteiger partial charge is 0.387 e. The Balaban J connectivity index is 2.87. The Morgan fingerprint density at radius 1 is 1.50 bits per heavy atom. The number of benzene rings is 1. The van der Waals surface area contributed by atoms with Gasteiger partial charge in [0.15, 0.2) is 5.78 Å². The van der Waals surface area contributed by atoms with Gasteiger partial charge in [-0.15, -0.1) is 0 Å². The fraction of sp³-hybridized carbons (Fsp3) is 0.300. The van der Waals surface area contributed by atoms with Crippen molar-refractivity contribution in [2.75, 3.05) is 5.33 Å². The van der Waals surface area contributed by atoms with Crippen molar-refractivity contribution in [3.63, 3.8) is 0 Å². The number of ketones is 1. The van der Waals surface area contributed by atoms with E-state index in [1.54, 1.807) is 0 Å². The molecule has 0 aromatic heterocycles. The fourth-order valence-corrected chi connectivity index (χ4v) is 2.27. The highest BCUT2D eigenvalue weighted by Crippen LogP contribution is 2.22. The molecule has 0 bridgehead atoms. The molecule has 0 amide bonds. The summed E-state index contributed by atoms with van der Waals surface area (Å²) < 4.78 is 28.7. The molecule has 1 rings (SSSR count). The van der Waals surface area contributed by atoms with Gasteiger partial charge >= 0.3 is 6.61 Å². The highest BCUT2D eigenvalue weighted by Gasteiger charge is 2.11. The molecule has 0 radical (unpaired) electrons. The Bertz CT molecular complexity index is 385. The Labute approximate surface area is 114 Å². The molecule has 0 saturated heterocycles. The average Bonchev–Trinajstić information content (AvgIpc) is 2.16. The van der Waals surface area contributed by atoms with E-state index >= 15 is 0 Å². The van der Waals surface area contributed by atoms with Gasteiger partial charge in [0, 0.05) is 20.9 Å². The third-order valence-corrected chi connectivity index (χ3v) is 3.08. The van der Waals surface area contributed by atoms with E-state index in [1.807, 2.05) is 22.6 Å². The molecule has 0 spiro atoms. The Morgan fingerprint density at radius 3 is 2.69 bits per heavy atom. The Hall–Kier alpha value is -0.240. The molecule has 0 N–H and O–H groups in total. The van der Waals surface area contributed by atoms with Crippen molar-refractivity contribution in [3.8, 4) is 5.75 Å². The largest absolute Gasteiger partial charge is 0.435 e. The Morgan fingerprint density at radius 2 is 2.19 bits per heavy atom. The standard InChI is InChI=1S/C10H8BrF2IO2/c11-4-3-9(15)7-2-1-6(5-8(7)14)16-10(12)13/h1-2,5,10H,3-4H2. The molecular formula is C10H8BrF2IO2. The zero-order valence-electron chi connectivity index (χ0n) is 8.05. The number of Topliss-reactive ketones (excluding diaryl/α,β-unsaturated/α-hetero) is 1. The molecule has 6 heteroatoms. The molecule has 0 aliphatic rings. The second-order valence-electron chi connectivity index (χ2n) is 2.88. The van der Waals surface area contributed by atoms with Gasteiger partial charge in [0.25, 0.3) is 0 Å². The van der Waals surface area contributed by atoms with Crippen LogP contribution in [0.2, 0.25) is 0 Å². The predicted molar refractivity (Wildman–Crippen MR) is 68.5 cm³/mol. The molecule has 88 valence electrons. The topological polar surface area (TPSA) is 26.3 Å². The third kappa shape index (κ3) is 3.97. The van der Waals surface area contributed by atoms with Crippen molar-refractivity contribution in [3.05, 3.63) is 27.3 Å². The van der Waals surface area contributed by atoms with Gasteiger partial charge in [-0.25, -0.2) is 0 Å². The SMILES string of the molecule is O=C(CCBr)c1ccc(OC(F)F)cc1I. The Kier molecular flexibility index (Phi) is 5.60. The molecular weight excluding hydrogens is 397 g/mol. The molecule has 0 fully saturated rings. The van der Waals surface area contributed by atoms with Gasteiger partial charge in [-0.2, -0.15) is 8.78 Å². The lowest BCUT2D eigenvalue weighted by Crippen LogP contribution is -2.05. The maximum atomic E-state index is 11.9. The van der Waals surface area contributed by atoms with Crippen LogP contribution in [0, 0.1) is 3.57 Å². The number of alkyl halides is 3. The lowest BCUT2D eigenvalue weighted by Gasteiger charge is -2.07. The van der Waals surface area contributed by atoms with Crippen LogP contribution in [0.4, 0.5) is 8.78 Å². The molecule has 0 saturated carbocycles. The van der Waals surface area contributed by atoms with Crippen LogP contribution in [0.3, 0.4) is 0 Å². The van der Waals surface area contributed by atoms with Gasteiger partial charge in [0.1, 0.15) is 5.75 Å². The second-order valence-corrected chi connectivity index (χ2v) is 4.84. The lowest BCUT2D eigenvalue weighted by atomic mass is 10.1. The van der Waals surface area contributed by atoms with E-state index in [2.05, 4.69) is 20.7 Å². The van der Waals surface area contributed by atoms with Crippen molar-refractivity contribution >= 4 is 44.3 Å². The lowest BCUT2D eigenvalue weighted by molar-refractivity contribution is -0.0498. The van der Waals surface area contributed by atoms with Gasteiger partial charge < -0.3 is 4.74 Å². The third-order valence-electron chi connectivity index (χ3n) is 1.79. The number of carbonyl (C=O) groups is 1. The van der Waals surface area contributed by atoms with Gasteiger partial charge in [-0.3, -0.25) is 4.79 Å². The van der Waals surface area contributed by atoms with E-state index in [-0.39, 0.29) is 11.5 Å². The molecule has 0 heterocycles. The molecule has 0 aliphatic carbocycles. The number of ether oxygens (including phenoxy) is 1. The first-order chi connectivity index (χ1) is 7.54. The summed E-state index contributed by atoms with van der Waals surface area (Å²) in [6.45, 7) is -2.85. The normalized spacial score (nSPS) is 10.6. The first-order valence-electron chi connectivity index (χ1n) is 4.38. The van der Waals surface area contributed by atoms with Crippen LogP contribution in [0.1, 0.15) is 16.8 Å². The van der Waals surface area contributed by atoms with E-state index < -0.39 is 6.61 Å². The van der Waals surface area contributed by atoms with Crippen molar-refractivity contribution in [2.24, 2.45) is 0 Å². The molecule has 0 atom stereocenters. The maximum absolute atomic E-state index is 11.9. The summed E-state index contributed by atoms with van der Waals surface area (Å²) >= 11 is 5.10. The maximum Gasteiger partial charge on any atom is 0.387 e. The second kappa shape index (κ2) is 6.48. The minimum atomic E-state index is -2.85. The van der Waals surface area contributed by atoms with E-state index in [1.165, 1.54) is 18.2 Å². The summed E-state index contributed by atoms with van der Waals surface area (Å²) in [6, 6.07) is 4.30. The van der Waals surface area contributed by atoms with Crippen LogP contribution in [-0.2, 0) is 0 Å². The summed E-state index contributed by atoms with van der Waals surface area (Å²) in [4.78, 5) is 11.6. The minimum Gasteiger partial charge on any atom is -0.435 e.